The molecule has 0 saturated carbocycles. The monoisotopic (exact) mass is 232 g/mol. The number of imidazole rings is 1. The van der Waals surface area contributed by atoms with E-state index in [1.165, 1.54) is 0 Å². The molecule has 5 heteroatoms. The summed E-state index contributed by atoms with van der Waals surface area (Å²) >= 11 is 0. The first-order chi connectivity index (χ1) is 8.13. The summed E-state index contributed by atoms with van der Waals surface area (Å²) in [6.07, 6.45) is 0. The summed E-state index contributed by atoms with van der Waals surface area (Å²) in [7, 11) is 0. The molecule has 90 valence electrons. The van der Waals surface area contributed by atoms with Crippen molar-refractivity contribution in [1.29, 1.82) is 0 Å². The molecule has 2 rings (SSSR count). The zero-order valence-electron chi connectivity index (χ0n) is 9.97. The van der Waals surface area contributed by atoms with E-state index < -0.39 is 0 Å². The van der Waals surface area contributed by atoms with Gasteiger partial charge in [-0.15, -0.1) is 0 Å². The zero-order chi connectivity index (χ0) is 12.4. The number of hydrazine groups is 1. The second-order valence-electron chi connectivity index (χ2n) is 4.27. The highest BCUT2D eigenvalue weighted by Gasteiger charge is 2.14. The number of carbonyl (C=O) groups is 1. The zero-order valence-corrected chi connectivity index (χ0v) is 9.97. The van der Waals surface area contributed by atoms with Crippen LogP contribution in [0.5, 0.6) is 0 Å². The standard InChI is InChI=1S/C12H16N4O/c1-8(2)12-14-9-5-3-4-6-10(9)16(12)7-11(17)15-13/h3-6,8H,7,13H2,1-2H3,(H,15,17). The maximum absolute atomic E-state index is 11.4. The van der Waals surface area contributed by atoms with E-state index in [9.17, 15) is 4.79 Å². The molecule has 1 amide bonds. The number of nitrogens with two attached hydrogens (primary N) is 1. The first-order valence-electron chi connectivity index (χ1n) is 5.58. The largest absolute Gasteiger partial charge is 0.318 e. The van der Waals surface area contributed by atoms with Gasteiger partial charge >= 0.3 is 0 Å². The molecule has 0 aliphatic heterocycles. The molecule has 1 aromatic carbocycles. The van der Waals surface area contributed by atoms with Crippen LogP contribution in [0, 0.1) is 0 Å². The van der Waals surface area contributed by atoms with Gasteiger partial charge in [-0.05, 0) is 12.1 Å². The van der Waals surface area contributed by atoms with Crippen LogP contribution in [0.4, 0.5) is 0 Å². The van der Waals surface area contributed by atoms with Crippen LogP contribution in [0.15, 0.2) is 24.3 Å². The Bertz CT molecular complexity index is 544. The number of hydrogen-bond acceptors (Lipinski definition) is 3. The molecule has 1 aromatic heterocycles. The lowest BCUT2D eigenvalue weighted by molar-refractivity contribution is -0.121. The number of carbonyl (C=O) groups excluding carboxylic acids is 1. The van der Waals surface area contributed by atoms with Crippen LogP contribution in [0.3, 0.4) is 0 Å². The fourth-order valence-electron chi connectivity index (χ4n) is 1.89. The van der Waals surface area contributed by atoms with E-state index >= 15 is 0 Å². The summed E-state index contributed by atoms with van der Waals surface area (Å²) < 4.78 is 1.90. The Morgan fingerprint density at radius 2 is 2.18 bits per heavy atom. The van der Waals surface area contributed by atoms with Crippen molar-refractivity contribution in [3.63, 3.8) is 0 Å². The Morgan fingerprint density at radius 3 is 2.82 bits per heavy atom. The van der Waals surface area contributed by atoms with Gasteiger partial charge in [-0.25, -0.2) is 10.8 Å². The van der Waals surface area contributed by atoms with Gasteiger partial charge in [0.2, 0.25) is 0 Å². The molecule has 2 aromatic rings. The van der Waals surface area contributed by atoms with Gasteiger partial charge in [0.15, 0.2) is 0 Å². The fourth-order valence-corrected chi connectivity index (χ4v) is 1.89. The summed E-state index contributed by atoms with van der Waals surface area (Å²) in [6.45, 7) is 4.31. The Balaban J connectivity index is 2.55. The quantitative estimate of drug-likeness (QED) is 0.473. The summed E-state index contributed by atoms with van der Waals surface area (Å²) in [5, 5.41) is 0. The number of benzene rings is 1. The summed E-state index contributed by atoms with van der Waals surface area (Å²) in [4.78, 5) is 16.0. The molecule has 0 atom stereocenters. The van der Waals surface area contributed by atoms with E-state index in [2.05, 4.69) is 24.3 Å². The predicted molar refractivity (Wildman–Crippen MR) is 66.2 cm³/mol. The number of rotatable bonds is 3. The second kappa shape index (κ2) is 4.55. The smallest absolute Gasteiger partial charge is 0.253 e. The highest BCUT2D eigenvalue weighted by atomic mass is 16.2. The Kier molecular flexibility index (Phi) is 3.10. The first kappa shape index (κ1) is 11.6. The Labute approximate surface area is 99.6 Å². The average molecular weight is 232 g/mol. The molecule has 0 aliphatic rings. The van der Waals surface area contributed by atoms with Crippen LogP contribution >= 0.6 is 0 Å². The van der Waals surface area contributed by atoms with Crippen LogP contribution in [0.1, 0.15) is 25.6 Å². The number of amides is 1. The van der Waals surface area contributed by atoms with Gasteiger partial charge in [0, 0.05) is 5.92 Å². The maximum Gasteiger partial charge on any atom is 0.253 e. The van der Waals surface area contributed by atoms with Crippen molar-refractivity contribution in [2.75, 3.05) is 0 Å². The molecule has 1 heterocycles. The van der Waals surface area contributed by atoms with Crippen molar-refractivity contribution in [2.45, 2.75) is 26.3 Å². The lowest BCUT2D eigenvalue weighted by Crippen LogP contribution is -2.33. The number of hydrogen-bond donors (Lipinski definition) is 2. The number of aromatic nitrogens is 2. The maximum atomic E-state index is 11.4. The summed E-state index contributed by atoms with van der Waals surface area (Å²) in [5.41, 5.74) is 4.01. The van der Waals surface area contributed by atoms with Crippen LogP contribution in [0.2, 0.25) is 0 Å². The fraction of sp³-hybridized carbons (Fsp3) is 0.333. The van der Waals surface area contributed by atoms with Crippen LogP contribution in [-0.2, 0) is 11.3 Å². The van der Waals surface area contributed by atoms with Gasteiger partial charge < -0.3 is 4.57 Å². The molecule has 0 saturated heterocycles. The van der Waals surface area contributed by atoms with Crippen molar-refractivity contribution in [1.82, 2.24) is 15.0 Å². The van der Waals surface area contributed by atoms with Gasteiger partial charge in [-0.3, -0.25) is 10.2 Å². The summed E-state index contributed by atoms with van der Waals surface area (Å²) in [6, 6.07) is 7.77. The third-order valence-corrected chi connectivity index (χ3v) is 2.66. The van der Waals surface area contributed by atoms with Crippen LogP contribution < -0.4 is 11.3 Å². The molecule has 0 spiro atoms. The van der Waals surface area contributed by atoms with Crippen molar-refractivity contribution >= 4 is 16.9 Å². The van der Waals surface area contributed by atoms with E-state index in [4.69, 9.17) is 5.84 Å². The third kappa shape index (κ3) is 2.14. The van der Waals surface area contributed by atoms with Gasteiger partial charge in [-0.1, -0.05) is 26.0 Å². The second-order valence-corrected chi connectivity index (χ2v) is 4.27. The van der Waals surface area contributed by atoms with Crippen LogP contribution in [-0.4, -0.2) is 15.5 Å². The van der Waals surface area contributed by atoms with Gasteiger partial charge in [0.25, 0.3) is 5.91 Å². The van der Waals surface area contributed by atoms with Gasteiger partial charge in [0.05, 0.1) is 11.0 Å². The number of fused-ring (bicyclic) bond motifs is 1. The van der Waals surface area contributed by atoms with E-state index in [0.29, 0.717) is 0 Å². The molecule has 0 radical (unpaired) electrons. The van der Waals surface area contributed by atoms with Crippen LogP contribution in [0.25, 0.3) is 11.0 Å². The number of para-hydroxylation sites is 2. The van der Waals surface area contributed by atoms with Gasteiger partial charge in [0.1, 0.15) is 12.4 Å². The molecule has 0 fully saturated rings. The van der Waals surface area contributed by atoms with E-state index in [0.717, 1.165) is 16.9 Å². The van der Waals surface area contributed by atoms with E-state index in [-0.39, 0.29) is 18.4 Å². The minimum atomic E-state index is -0.227. The minimum absolute atomic E-state index is 0.199. The summed E-state index contributed by atoms with van der Waals surface area (Å²) in [5.74, 6) is 6.05. The van der Waals surface area contributed by atoms with Crippen molar-refractivity contribution in [2.24, 2.45) is 5.84 Å². The molecular formula is C12H16N4O. The highest BCUT2D eigenvalue weighted by molar-refractivity contribution is 5.80. The molecule has 0 unspecified atom stereocenters. The van der Waals surface area contributed by atoms with E-state index in [1.807, 2.05) is 28.8 Å². The Hall–Kier alpha value is -1.88. The minimum Gasteiger partial charge on any atom is -0.318 e. The lowest BCUT2D eigenvalue weighted by atomic mass is 10.2. The molecular weight excluding hydrogens is 216 g/mol. The van der Waals surface area contributed by atoms with Crippen molar-refractivity contribution < 1.29 is 4.79 Å². The SMILES string of the molecule is CC(C)c1nc2ccccc2n1CC(=O)NN. The Morgan fingerprint density at radius 1 is 1.47 bits per heavy atom. The highest BCUT2D eigenvalue weighted by Crippen LogP contribution is 2.21. The normalized spacial score (nSPS) is 11.1. The third-order valence-electron chi connectivity index (χ3n) is 2.66. The average Bonchev–Trinajstić information content (AvgIpc) is 2.68. The molecule has 5 nitrogen and oxygen atoms in total. The molecule has 0 bridgehead atoms. The molecule has 17 heavy (non-hydrogen) atoms. The lowest BCUT2D eigenvalue weighted by Gasteiger charge is -2.10. The number of nitrogens with zero attached hydrogens (tertiary/aromatic N) is 2. The van der Waals surface area contributed by atoms with Gasteiger partial charge in [-0.2, -0.15) is 0 Å². The first-order valence-corrected chi connectivity index (χ1v) is 5.58. The van der Waals surface area contributed by atoms with Crippen molar-refractivity contribution in [3.05, 3.63) is 30.1 Å². The predicted octanol–water partition coefficient (Wildman–Crippen LogP) is 1.15. The molecule has 3 N–H and O–H groups in total. The molecule has 0 aliphatic carbocycles. The number of nitrogens with one attached hydrogen (secondary N) is 1. The van der Waals surface area contributed by atoms with Crippen molar-refractivity contribution in [3.8, 4) is 0 Å². The van der Waals surface area contributed by atoms with E-state index in [1.54, 1.807) is 0 Å². The topological polar surface area (TPSA) is 72.9 Å².